The number of pyridine rings is 1. The molecule has 0 spiro atoms. The number of amides is 1. The maximum absolute atomic E-state index is 14.8. The number of likely N-dealkylation sites (N-methyl/N-ethyl adjacent to an activating group) is 1. The summed E-state index contributed by atoms with van der Waals surface area (Å²) in [5.74, 6) is -5.14. The van der Waals surface area contributed by atoms with Crippen molar-refractivity contribution in [3.8, 4) is 0 Å². The molecule has 0 bridgehead atoms. The minimum atomic E-state index is -1.58. The second-order valence-corrected chi connectivity index (χ2v) is 17.2. The first-order valence-electron chi connectivity index (χ1n) is 20.9. The van der Waals surface area contributed by atoms with Crippen molar-refractivity contribution in [3.63, 3.8) is 0 Å². The predicted molar refractivity (Wildman–Crippen MR) is 219 cm³/mol. The predicted octanol–water partition coefficient (Wildman–Crippen LogP) is 5.93. The highest BCUT2D eigenvalue weighted by atomic mass is 16.7. The number of ether oxygens (including phenoxy) is 5. The van der Waals surface area contributed by atoms with Crippen LogP contribution in [0.3, 0.4) is 0 Å². The Bertz CT molecular complexity index is 1800. The van der Waals surface area contributed by atoms with Gasteiger partial charge in [0.25, 0.3) is 0 Å². The third-order valence-electron chi connectivity index (χ3n) is 13.0. The number of esters is 1. The number of hydrogen-bond acceptors (Lipinski definition) is 12. The molecule has 0 saturated carbocycles. The molecule has 1 aromatic heterocycles. The molecule has 1 aromatic carbocycles. The van der Waals surface area contributed by atoms with Gasteiger partial charge in [-0.3, -0.25) is 24.3 Å². The summed E-state index contributed by atoms with van der Waals surface area (Å²) in [5, 5.41) is 12.5. The minimum Gasteiger partial charge on any atom is -0.457 e. The normalized spacial score (nSPS) is 36.7. The number of benzene rings is 1. The van der Waals surface area contributed by atoms with Crippen molar-refractivity contribution in [1.82, 2.24) is 14.8 Å². The molecule has 5 rings (SSSR count). The van der Waals surface area contributed by atoms with Crippen molar-refractivity contribution >= 4 is 34.5 Å². The van der Waals surface area contributed by atoms with Crippen molar-refractivity contribution in [1.29, 1.82) is 0 Å². The van der Waals surface area contributed by atoms with E-state index in [1.165, 1.54) is 20.1 Å². The molecule has 0 radical (unpaired) electrons. The summed E-state index contributed by atoms with van der Waals surface area (Å²) in [6.07, 6.45) is 1.11. The van der Waals surface area contributed by atoms with Crippen LogP contribution in [0.1, 0.15) is 86.1 Å². The molecule has 13 nitrogen and oxygen atoms in total. The number of aliphatic hydroxyl groups is 1. The summed E-state index contributed by atoms with van der Waals surface area (Å²) >= 11 is 0. The van der Waals surface area contributed by atoms with Crippen LogP contribution in [0.25, 0.3) is 10.9 Å². The third kappa shape index (κ3) is 8.89. The Balaban J connectivity index is 1.49. The van der Waals surface area contributed by atoms with Crippen LogP contribution in [0, 0.1) is 23.7 Å². The lowest BCUT2D eigenvalue weighted by atomic mass is 9.72. The first-order chi connectivity index (χ1) is 27.4. The number of cyclic esters (lactones) is 1. The molecular formula is C45H65N3O10. The quantitative estimate of drug-likeness (QED) is 0.124. The largest absolute Gasteiger partial charge is 0.457 e. The average molecular weight is 808 g/mol. The zero-order valence-electron chi connectivity index (χ0n) is 36.0. The lowest BCUT2D eigenvalue weighted by Gasteiger charge is -2.47. The number of aromatic nitrogens is 1. The fraction of sp³-hybridized carbons (Fsp3) is 0.667. The number of methoxy groups -OCH3 is 1. The SMILES string of the molecule is C=C[C@]12OC(=O)N(CCCCc3ccnc4ccccc34)[C@@H]1[C@@H](C)C(=O)[C@H](C)C[C@](C)(OC)[C@H](O[C@@H]1O[C@H](C)C[C@H](N(C)C)[C@H]1O)[C@@H](C)C(=O)[C@@H](C)C(=O)O[C@@H]2CC. The van der Waals surface area contributed by atoms with Gasteiger partial charge in [-0.2, -0.15) is 0 Å². The van der Waals surface area contributed by atoms with Gasteiger partial charge in [-0.15, -0.1) is 0 Å². The molecule has 0 unspecified atom stereocenters. The van der Waals surface area contributed by atoms with Crippen LogP contribution in [0.15, 0.2) is 49.2 Å². The maximum atomic E-state index is 14.8. The number of rotatable bonds is 11. The van der Waals surface area contributed by atoms with Gasteiger partial charge in [0.05, 0.1) is 29.4 Å². The molecule has 4 heterocycles. The van der Waals surface area contributed by atoms with Crippen LogP contribution in [0.4, 0.5) is 4.79 Å². The Morgan fingerprint density at radius 3 is 2.40 bits per heavy atom. The Labute approximate surface area is 343 Å². The third-order valence-corrected chi connectivity index (χ3v) is 13.0. The topological polar surface area (TPSA) is 154 Å². The summed E-state index contributed by atoms with van der Waals surface area (Å²) < 4.78 is 31.3. The van der Waals surface area contributed by atoms with E-state index in [0.717, 1.165) is 29.3 Å². The number of carbonyl (C=O) groups excluding carboxylic acids is 4. The summed E-state index contributed by atoms with van der Waals surface area (Å²) in [4.78, 5) is 65.2. The average Bonchev–Trinajstić information content (AvgIpc) is 3.50. The Kier molecular flexibility index (Phi) is 14.6. The van der Waals surface area contributed by atoms with Crippen LogP contribution in [0.5, 0.6) is 0 Å². The number of unbranched alkanes of at least 4 members (excludes halogenated alkanes) is 1. The smallest absolute Gasteiger partial charge is 0.411 e. The van der Waals surface area contributed by atoms with Crippen molar-refractivity contribution < 1.29 is 48.0 Å². The van der Waals surface area contributed by atoms with Gasteiger partial charge in [0.15, 0.2) is 17.7 Å². The number of nitrogens with zero attached hydrogens (tertiary/aromatic N) is 3. The number of aliphatic hydroxyl groups excluding tert-OH is 1. The first kappa shape index (κ1) is 45.3. The summed E-state index contributed by atoms with van der Waals surface area (Å²) in [6.45, 7) is 16.6. The Hall–Kier alpha value is -3.75. The maximum Gasteiger partial charge on any atom is 0.411 e. The summed E-state index contributed by atoms with van der Waals surface area (Å²) in [6, 6.07) is 8.83. The van der Waals surface area contributed by atoms with E-state index in [-0.39, 0.29) is 37.3 Å². The van der Waals surface area contributed by atoms with Crippen molar-refractivity contribution in [2.24, 2.45) is 23.7 Å². The van der Waals surface area contributed by atoms with Gasteiger partial charge < -0.3 is 33.7 Å². The van der Waals surface area contributed by atoms with Gasteiger partial charge in [0.2, 0.25) is 0 Å². The fourth-order valence-corrected chi connectivity index (χ4v) is 9.65. The standard InChI is InChI=1S/C45H65N3O10/c1-12-35-45(13-2)39(48(43(53)58-45)23-17-16-18-31-21-22-46-33-20-15-14-19-32(31)33)28(5)36(49)26(3)25-44(8,54-11)40(29(6)37(50)30(7)41(52)56-35)57-42-38(51)34(47(9)10)24-27(4)55-42/h13-15,19-22,26-30,34-35,38-40,42,51H,2,12,16-18,23-25H2,1,3-11H3/t26-,27-,28+,29+,30-,34+,35-,38-,39-,40-,42+,44+,45-/m1/s1. The fourth-order valence-electron chi connectivity index (χ4n) is 9.65. The van der Waals surface area contributed by atoms with E-state index in [0.29, 0.717) is 12.8 Å². The second-order valence-electron chi connectivity index (χ2n) is 17.2. The van der Waals surface area contributed by atoms with Crippen molar-refractivity contribution in [3.05, 3.63) is 54.7 Å². The molecule has 2 aromatic rings. The monoisotopic (exact) mass is 807 g/mol. The molecule has 0 aliphatic carbocycles. The molecule has 3 fully saturated rings. The highest BCUT2D eigenvalue weighted by Gasteiger charge is 2.61. The highest BCUT2D eigenvalue weighted by Crippen LogP contribution is 2.44. The Morgan fingerprint density at radius 2 is 1.74 bits per heavy atom. The van der Waals surface area contributed by atoms with Crippen molar-refractivity contribution in [2.45, 2.75) is 141 Å². The molecule has 3 aliphatic heterocycles. The molecule has 320 valence electrons. The second kappa shape index (κ2) is 18.7. The number of Topliss-reactive ketones (excluding diaryl/α,β-unsaturated/α-hetero) is 2. The number of fused-ring (bicyclic) bond motifs is 2. The lowest BCUT2D eigenvalue weighted by Crippen LogP contribution is -2.60. The van der Waals surface area contributed by atoms with Gasteiger partial charge in [-0.25, -0.2) is 4.79 Å². The molecule has 3 aliphatic rings. The first-order valence-corrected chi connectivity index (χ1v) is 20.9. The molecule has 3 saturated heterocycles. The number of carbonyl (C=O) groups is 4. The summed E-state index contributed by atoms with van der Waals surface area (Å²) in [5.41, 5.74) is -0.794. The molecule has 1 N–H and O–H groups in total. The van der Waals surface area contributed by atoms with E-state index >= 15 is 0 Å². The van der Waals surface area contributed by atoms with E-state index in [2.05, 4.69) is 17.6 Å². The van der Waals surface area contributed by atoms with Crippen LogP contribution >= 0.6 is 0 Å². The number of ketones is 2. The van der Waals surface area contributed by atoms with Gasteiger partial charge in [-0.1, -0.05) is 52.5 Å². The molecule has 13 atom stereocenters. The Morgan fingerprint density at radius 1 is 1.03 bits per heavy atom. The van der Waals surface area contributed by atoms with E-state index in [1.54, 1.807) is 45.7 Å². The zero-order valence-corrected chi connectivity index (χ0v) is 36.0. The summed E-state index contributed by atoms with van der Waals surface area (Å²) in [7, 11) is 5.24. The number of para-hydroxylation sites is 1. The van der Waals surface area contributed by atoms with Crippen molar-refractivity contribution in [2.75, 3.05) is 27.7 Å². The van der Waals surface area contributed by atoms with Crippen LogP contribution in [-0.2, 0) is 44.5 Å². The van der Waals surface area contributed by atoms with E-state index < -0.39 is 83.4 Å². The van der Waals surface area contributed by atoms with Gasteiger partial charge >= 0.3 is 12.1 Å². The van der Waals surface area contributed by atoms with Gasteiger partial charge in [0.1, 0.15) is 23.9 Å². The van der Waals surface area contributed by atoms with Crippen LogP contribution < -0.4 is 0 Å². The molecule has 13 heteroatoms. The van der Waals surface area contributed by atoms with Crippen LogP contribution in [0.2, 0.25) is 0 Å². The zero-order chi connectivity index (χ0) is 42.7. The lowest BCUT2D eigenvalue weighted by molar-refractivity contribution is -0.295. The van der Waals surface area contributed by atoms with Gasteiger partial charge in [0, 0.05) is 49.0 Å². The molecular weight excluding hydrogens is 743 g/mol. The van der Waals surface area contributed by atoms with E-state index in [4.69, 9.17) is 23.7 Å². The van der Waals surface area contributed by atoms with E-state index in [1.807, 2.05) is 50.2 Å². The highest BCUT2D eigenvalue weighted by molar-refractivity contribution is 6.00. The van der Waals surface area contributed by atoms with E-state index in [9.17, 15) is 24.3 Å². The number of aryl methyl sites for hydroxylation is 1. The number of hydrogen-bond donors (Lipinski definition) is 1. The molecule has 1 amide bonds. The van der Waals surface area contributed by atoms with Gasteiger partial charge in [-0.05, 0) is 97.2 Å². The van der Waals surface area contributed by atoms with Crippen LogP contribution in [-0.4, -0.2) is 125 Å². The molecule has 58 heavy (non-hydrogen) atoms. The minimum absolute atomic E-state index is 0.114.